The Labute approximate surface area is 191 Å². The third-order valence-corrected chi connectivity index (χ3v) is 6.60. The number of rotatable bonds is 6. The quantitative estimate of drug-likeness (QED) is 0.289. The predicted molar refractivity (Wildman–Crippen MR) is 126 cm³/mol. The van der Waals surface area contributed by atoms with E-state index in [0.29, 0.717) is 21.1 Å². The fourth-order valence-electron chi connectivity index (χ4n) is 2.73. The molecule has 0 aliphatic heterocycles. The van der Waals surface area contributed by atoms with Crippen molar-refractivity contribution in [3.63, 3.8) is 0 Å². The molecular formula is C22H16ClN3O3S2. The van der Waals surface area contributed by atoms with E-state index >= 15 is 0 Å². The second-order valence-electron chi connectivity index (χ2n) is 6.52. The largest absolute Gasteiger partial charge is 0.451 e. The second-order valence-corrected chi connectivity index (χ2v) is 9.18. The van der Waals surface area contributed by atoms with Gasteiger partial charge in [-0.05, 0) is 30.2 Å². The zero-order valence-electron chi connectivity index (χ0n) is 16.3. The lowest BCUT2D eigenvalue weighted by molar-refractivity contribution is 0.0997. The molecule has 0 bridgehead atoms. The van der Waals surface area contributed by atoms with Crippen molar-refractivity contribution in [1.29, 1.82) is 0 Å². The number of nitrogens with one attached hydrogen (secondary N) is 1. The first-order valence-corrected chi connectivity index (χ1v) is 11.4. The van der Waals surface area contributed by atoms with Gasteiger partial charge in [-0.2, -0.15) is 0 Å². The summed E-state index contributed by atoms with van der Waals surface area (Å²) in [6.07, 6.45) is 4.07. The molecule has 1 amide bonds. The maximum absolute atomic E-state index is 12.5. The average Bonchev–Trinajstić information content (AvgIpc) is 3.20. The van der Waals surface area contributed by atoms with Gasteiger partial charge in [0.1, 0.15) is 5.58 Å². The third kappa shape index (κ3) is 5.22. The van der Waals surface area contributed by atoms with Crippen LogP contribution in [-0.2, 0) is 0 Å². The SMILES string of the molecule is Cc1cc2oc(C(=O)Nc3nnc(SC/C=C/c4ccccc4)s3)cc(=O)c2cc1Cl. The first-order chi connectivity index (χ1) is 15.0. The van der Waals surface area contributed by atoms with Crippen molar-refractivity contribution < 1.29 is 9.21 Å². The summed E-state index contributed by atoms with van der Waals surface area (Å²) in [5, 5.41) is 11.8. The molecule has 4 rings (SSSR count). The maximum atomic E-state index is 12.5. The number of benzene rings is 2. The average molecular weight is 470 g/mol. The number of anilines is 1. The van der Waals surface area contributed by atoms with E-state index in [2.05, 4.69) is 15.5 Å². The molecular weight excluding hydrogens is 454 g/mol. The first-order valence-electron chi connectivity index (χ1n) is 9.23. The molecule has 0 aliphatic rings. The molecule has 9 heteroatoms. The molecule has 2 aromatic carbocycles. The molecule has 0 saturated carbocycles. The second kappa shape index (κ2) is 9.47. The Kier molecular flexibility index (Phi) is 6.50. The van der Waals surface area contributed by atoms with E-state index in [0.717, 1.165) is 27.3 Å². The van der Waals surface area contributed by atoms with Crippen LogP contribution in [0.3, 0.4) is 0 Å². The van der Waals surface area contributed by atoms with E-state index in [4.69, 9.17) is 16.0 Å². The molecule has 0 saturated heterocycles. The summed E-state index contributed by atoms with van der Waals surface area (Å²) in [4.78, 5) is 24.9. The van der Waals surface area contributed by atoms with Crippen molar-refractivity contribution in [2.45, 2.75) is 11.3 Å². The number of aromatic nitrogens is 2. The molecule has 0 fully saturated rings. The number of amides is 1. The highest BCUT2D eigenvalue weighted by Gasteiger charge is 2.16. The summed E-state index contributed by atoms with van der Waals surface area (Å²) in [5.41, 5.74) is 1.84. The van der Waals surface area contributed by atoms with Crippen LogP contribution in [0.1, 0.15) is 21.7 Å². The van der Waals surface area contributed by atoms with Crippen LogP contribution >= 0.6 is 34.7 Å². The van der Waals surface area contributed by atoms with Crippen molar-refractivity contribution in [3.05, 3.63) is 86.7 Å². The van der Waals surface area contributed by atoms with Gasteiger partial charge in [-0.15, -0.1) is 10.2 Å². The van der Waals surface area contributed by atoms with E-state index in [1.54, 1.807) is 19.1 Å². The zero-order valence-corrected chi connectivity index (χ0v) is 18.7. The number of carbonyl (C=O) groups is 1. The number of carbonyl (C=O) groups excluding carboxylic acids is 1. The van der Waals surface area contributed by atoms with Gasteiger partial charge in [0.2, 0.25) is 5.13 Å². The molecule has 6 nitrogen and oxygen atoms in total. The van der Waals surface area contributed by atoms with Crippen molar-refractivity contribution in [1.82, 2.24) is 10.2 Å². The lowest BCUT2D eigenvalue weighted by Crippen LogP contribution is -2.15. The molecule has 2 heterocycles. The fraction of sp³-hybridized carbons (Fsp3) is 0.0909. The molecule has 1 N–H and O–H groups in total. The van der Waals surface area contributed by atoms with Crippen molar-refractivity contribution in [3.8, 4) is 0 Å². The van der Waals surface area contributed by atoms with Gasteiger partial charge in [0.05, 0.1) is 5.39 Å². The predicted octanol–water partition coefficient (Wildman–Crippen LogP) is 5.66. The van der Waals surface area contributed by atoms with Crippen LogP contribution in [0.4, 0.5) is 5.13 Å². The number of fused-ring (bicyclic) bond motifs is 1. The number of halogens is 1. The summed E-state index contributed by atoms with van der Waals surface area (Å²) in [5.74, 6) is 0.0524. The summed E-state index contributed by atoms with van der Waals surface area (Å²) in [6, 6.07) is 14.3. The Morgan fingerprint density at radius 3 is 2.84 bits per heavy atom. The topological polar surface area (TPSA) is 85.1 Å². The lowest BCUT2D eigenvalue weighted by atomic mass is 10.1. The molecule has 31 heavy (non-hydrogen) atoms. The van der Waals surface area contributed by atoms with Gasteiger partial charge in [0, 0.05) is 16.8 Å². The number of hydrogen-bond donors (Lipinski definition) is 1. The summed E-state index contributed by atoms with van der Waals surface area (Å²) in [7, 11) is 0. The van der Waals surface area contributed by atoms with Gasteiger partial charge in [0.15, 0.2) is 15.5 Å². The Hall–Kier alpha value is -2.94. The smallest absolute Gasteiger partial charge is 0.293 e. The third-order valence-electron chi connectivity index (χ3n) is 4.27. The van der Waals surface area contributed by atoms with Gasteiger partial charge in [-0.25, -0.2) is 0 Å². The van der Waals surface area contributed by atoms with E-state index < -0.39 is 5.91 Å². The van der Waals surface area contributed by atoms with Crippen molar-refractivity contribution in [2.24, 2.45) is 0 Å². The van der Waals surface area contributed by atoms with Gasteiger partial charge in [-0.3, -0.25) is 14.9 Å². The first kappa shape index (κ1) is 21.3. The Balaban J connectivity index is 1.41. The standard InChI is InChI=1S/C22H16ClN3O3S2/c1-13-10-18-15(11-16(13)23)17(27)12-19(29-18)20(28)24-21-25-26-22(31-21)30-9-5-8-14-6-3-2-4-7-14/h2-8,10-12H,9H2,1H3,(H,24,25,28)/b8-5+. The minimum atomic E-state index is -0.566. The van der Waals surface area contributed by atoms with Crippen LogP contribution in [0.2, 0.25) is 5.02 Å². The number of hydrogen-bond acceptors (Lipinski definition) is 7. The minimum Gasteiger partial charge on any atom is -0.451 e. The van der Waals surface area contributed by atoms with Gasteiger partial charge < -0.3 is 4.42 Å². The molecule has 0 atom stereocenters. The van der Waals surface area contributed by atoms with Crippen LogP contribution in [0.5, 0.6) is 0 Å². The van der Waals surface area contributed by atoms with E-state index in [9.17, 15) is 9.59 Å². The maximum Gasteiger partial charge on any atom is 0.293 e. The van der Waals surface area contributed by atoms with Crippen LogP contribution in [0.25, 0.3) is 17.0 Å². The minimum absolute atomic E-state index is 0.102. The van der Waals surface area contributed by atoms with Crippen molar-refractivity contribution >= 4 is 62.8 Å². The molecule has 0 spiro atoms. The Bertz CT molecular complexity index is 1330. The number of thioether (sulfide) groups is 1. The van der Waals surface area contributed by atoms with Gasteiger partial charge in [-0.1, -0.05) is 77.2 Å². The fourth-order valence-corrected chi connectivity index (χ4v) is 4.48. The Morgan fingerprint density at radius 2 is 2.03 bits per heavy atom. The highest BCUT2D eigenvalue weighted by Crippen LogP contribution is 2.26. The zero-order chi connectivity index (χ0) is 21.8. The highest BCUT2D eigenvalue weighted by atomic mass is 35.5. The summed E-state index contributed by atoms with van der Waals surface area (Å²) < 4.78 is 6.33. The normalized spacial score (nSPS) is 11.3. The molecule has 156 valence electrons. The van der Waals surface area contributed by atoms with E-state index in [1.807, 2.05) is 42.5 Å². The van der Waals surface area contributed by atoms with E-state index in [1.165, 1.54) is 23.1 Å². The Morgan fingerprint density at radius 1 is 1.23 bits per heavy atom. The van der Waals surface area contributed by atoms with Crippen molar-refractivity contribution in [2.75, 3.05) is 11.1 Å². The van der Waals surface area contributed by atoms with Crippen LogP contribution in [-0.4, -0.2) is 21.9 Å². The molecule has 0 radical (unpaired) electrons. The van der Waals surface area contributed by atoms with Gasteiger partial charge >= 0.3 is 0 Å². The summed E-state index contributed by atoms with van der Waals surface area (Å²) >= 11 is 8.83. The molecule has 4 aromatic rings. The highest BCUT2D eigenvalue weighted by molar-refractivity contribution is 8.01. The monoisotopic (exact) mass is 469 g/mol. The van der Waals surface area contributed by atoms with Gasteiger partial charge in [0.25, 0.3) is 5.91 Å². The van der Waals surface area contributed by atoms with Crippen LogP contribution in [0, 0.1) is 6.92 Å². The number of aryl methyl sites for hydroxylation is 1. The molecule has 2 aromatic heterocycles. The van der Waals surface area contributed by atoms with E-state index in [-0.39, 0.29) is 11.2 Å². The summed E-state index contributed by atoms with van der Waals surface area (Å²) in [6.45, 7) is 1.80. The number of nitrogens with zero attached hydrogens (tertiary/aromatic N) is 2. The van der Waals surface area contributed by atoms with Crippen LogP contribution < -0.4 is 10.7 Å². The molecule has 0 unspecified atom stereocenters. The molecule has 0 aliphatic carbocycles. The lowest BCUT2D eigenvalue weighted by Gasteiger charge is -2.04. The van der Waals surface area contributed by atoms with Crippen LogP contribution in [0.15, 0.2) is 68.2 Å².